The van der Waals surface area contributed by atoms with Crippen molar-refractivity contribution in [1.82, 2.24) is 0 Å². The summed E-state index contributed by atoms with van der Waals surface area (Å²) in [6, 6.07) is 7.08. The molecule has 2 fully saturated rings. The van der Waals surface area contributed by atoms with Crippen molar-refractivity contribution in [2.24, 2.45) is 11.8 Å². The molecule has 40 heavy (non-hydrogen) atoms. The average molecular weight is 561 g/mol. The van der Waals surface area contributed by atoms with Crippen LogP contribution < -0.4 is 18.9 Å². The molecule has 0 spiro atoms. The van der Waals surface area contributed by atoms with Gasteiger partial charge in [-0.3, -0.25) is 4.79 Å². The van der Waals surface area contributed by atoms with E-state index in [1.165, 1.54) is 14.2 Å². The summed E-state index contributed by atoms with van der Waals surface area (Å²) in [6.07, 6.45) is -2.00. The maximum absolute atomic E-state index is 13.3. The number of fused-ring (bicyclic) bond motifs is 3. The zero-order chi connectivity index (χ0) is 28.0. The lowest BCUT2D eigenvalue weighted by Gasteiger charge is -2.42. The summed E-state index contributed by atoms with van der Waals surface area (Å²) in [5, 5.41) is 30.1. The maximum Gasteiger partial charge on any atom is 0.310 e. The van der Waals surface area contributed by atoms with Crippen LogP contribution in [0.1, 0.15) is 41.6 Å². The summed E-state index contributed by atoms with van der Waals surface area (Å²) in [6.45, 7) is -0.165. The highest BCUT2D eigenvalue weighted by Crippen LogP contribution is 2.57. The number of hydrogen-bond donors (Lipinski definition) is 3. The Morgan fingerprint density at radius 3 is 2.35 bits per heavy atom. The van der Waals surface area contributed by atoms with Crippen molar-refractivity contribution in [1.29, 1.82) is 0 Å². The second-order valence-electron chi connectivity index (χ2n) is 10.3. The molecule has 12 nitrogen and oxygen atoms in total. The second-order valence-corrected chi connectivity index (χ2v) is 10.3. The van der Waals surface area contributed by atoms with Crippen LogP contribution in [-0.2, 0) is 23.7 Å². The van der Waals surface area contributed by atoms with Crippen molar-refractivity contribution < 1.29 is 58.0 Å². The summed E-state index contributed by atoms with van der Waals surface area (Å²) in [5.74, 6) is -0.560. The summed E-state index contributed by atoms with van der Waals surface area (Å²) in [4.78, 5) is 13.3. The van der Waals surface area contributed by atoms with E-state index in [-0.39, 0.29) is 49.6 Å². The first-order valence-electron chi connectivity index (χ1n) is 13.1. The second kappa shape index (κ2) is 10.9. The van der Waals surface area contributed by atoms with E-state index in [1.54, 1.807) is 12.1 Å². The first kappa shape index (κ1) is 26.9. The lowest BCUT2D eigenvalue weighted by Crippen LogP contribution is -2.43. The van der Waals surface area contributed by atoms with Crippen molar-refractivity contribution in [2.45, 2.75) is 43.4 Å². The third-order valence-electron chi connectivity index (χ3n) is 8.02. The third kappa shape index (κ3) is 4.69. The Labute approximate surface area is 230 Å². The Balaban J connectivity index is 1.44. The number of aliphatic hydroxyl groups is 2. The largest absolute Gasteiger partial charge is 0.502 e. The average Bonchev–Trinajstić information content (AvgIpc) is 3.57. The Morgan fingerprint density at radius 2 is 1.68 bits per heavy atom. The van der Waals surface area contributed by atoms with E-state index in [9.17, 15) is 15.0 Å². The first-order valence-corrected chi connectivity index (χ1v) is 13.1. The number of benzene rings is 2. The number of phenols is 1. The van der Waals surface area contributed by atoms with E-state index < -0.39 is 49.1 Å². The fraction of sp³-hybridized carbons (Fsp3) is 0.536. The van der Waals surface area contributed by atoms with Gasteiger partial charge in [0.2, 0.25) is 12.5 Å². The molecular weight excluding hydrogens is 528 g/mol. The van der Waals surface area contributed by atoms with E-state index in [2.05, 4.69) is 0 Å². The summed E-state index contributed by atoms with van der Waals surface area (Å²) in [7, 11) is 2.89. The maximum atomic E-state index is 13.3. The Kier molecular flexibility index (Phi) is 7.36. The highest BCUT2D eigenvalue weighted by Gasteiger charge is 2.54. The molecule has 0 radical (unpaired) electrons. The molecule has 3 N–H and O–H groups in total. The van der Waals surface area contributed by atoms with Gasteiger partial charge < -0.3 is 53.2 Å². The molecule has 1 aliphatic carbocycles. The standard InChI is InChI=1S/C28H32O12/c1-33-21-3-13(4-22(34-2)26(21)31)24-16-7-19-20(38-12-37-19)8-17(16)27(18-10-36-28(32)25(18)24)40-23-6-14(30)5-15(39-23)9-35-11-29/h3-4,7-8,14-15,18,23-25,27,29-31H,5-6,9-12H2,1-2H3/t14?,15?,18-,23?,24?,25?,27?/m0/s1. The minimum atomic E-state index is -0.791. The molecule has 0 amide bonds. The molecule has 12 heteroatoms. The van der Waals surface area contributed by atoms with Gasteiger partial charge >= 0.3 is 5.97 Å². The fourth-order valence-corrected chi connectivity index (χ4v) is 6.27. The number of phenolic OH excluding ortho intramolecular Hbond substituents is 1. The molecule has 0 bridgehead atoms. The fourth-order valence-electron chi connectivity index (χ4n) is 6.27. The van der Waals surface area contributed by atoms with Gasteiger partial charge in [-0.25, -0.2) is 0 Å². The van der Waals surface area contributed by atoms with Crippen molar-refractivity contribution in [3.8, 4) is 28.7 Å². The molecule has 2 aromatic carbocycles. The Bertz CT molecular complexity index is 1240. The number of rotatable bonds is 8. The number of esters is 1. The summed E-state index contributed by atoms with van der Waals surface area (Å²) >= 11 is 0. The molecule has 216 valence electrons. The molecule has 7 atom stereocenters. The number of ether oxygens (including phenoxy) is 8. The smallest absolute Gasteiger partial charge is 0.310 e. The van der Waals surface area contributed by atoms with Gasteiger partial charge in [-0.15, -0.1) is 0 Å². The lowest BCUT2D eigenvalue weighted by molar-refractivity contribution is -0.254. The highest BCUT2D eigenvalue weighted by molar-refractivity contribution is 5.79. The topological polar surface area (TPSA) is 152 Å². The lowest BCUT2D eigenvalue weighted by atomic mass is 9.66. The SMILES string of the molecule is COc1cc(C2c3cc4c(cc3C(OC3CC(O)CC(COCO)O3)[C@H]3COC(=O)C23)OCO4)cc(OC)c1O. The number of aliphatic hydroxyl groups excluding tert-OH is 2. The quantitative estimate of drug-likeness (QED) is 0.320. The molecule has 3 heterocycles. The minimum Gasteiger partial charge on any atom is -0.502 e. The van der Waals surface area contributed by atoms with Gasteiger partial charge in [-0.2, -0.15) is 0 Å². The molecule has 6 rings (SSSR count). The van der Waals surface area contributed by atoms with Crippen molar-refractivity contribution >= 4 is 5.97 Å². The van der Waals surface area contributed by atoms with E-state index in [0.29, 0.717) is 23.5 Å². The predicted octanol–water partition coefficient (Wildman–Crippen LogP) is 1.96. The zero-order valence-electron chi connectivity index (χ0n) is 22.1. The van der Waals surface area contributed by atoms with E-state index in [0.717, 1.165) is 11.1 Å². The molecule has 0 aromatic heterocycles. The first-order chi connectivity index (χ1) is 19.4. The number of methoxy groups -OCH3 is 2. The molecule has 4 aliphatic rings. The highest BCUT2D eigenvalue weighted by atomic mass is 16.7. The zero-order valence-corrected chi connectivity index (χ0v) is 22.1. The van der Waals surface area contributed by atoms with E-state index in [1.807, 2.05) is 12.1 Å². The Hall–Kier alpha value is -3.29. The van der Waals surface area contributed by atoms with Gasteiger partial charge in [0.25, 0.3) is 0 Å². The van der Waals surface area contributed by atoms with Crippen LogP contribution in [0.2, 0.25) is 0 Å². The van der Waals surface area contributed by atoms with Crippen molar-refractivity contribution in [3.05, 3.63) is 41.0 Å². The van der Waals surface area contributed by atoms with Crippen LogP contribution in [0.25, 0.3) is 0 Å². The van der Waals surface area contributed by atoms with Gasteiger partial charge in [-0.05, 0) is 41.0 Å². The molecule has 3 aliphatic heterocycles. The van der Waals surface area contributed by atoms with Gasteiger partial charge in [0, 0.05) is 24.7 Å². The number of carbonyl (C=O) groups is 1. The van der Waals surface area contributed by atoms with E-state index in [4.69, 9.17) is 43.0 Å². The van der Waals surface area contributed by atoms with Gasteiger partial charge in [-0.1, -0.05) is 0 Å². The number of cyclic esters (lactones) is 1. The minimum absolute atomic E-state index is 0.0641. The normalized spacial score (nSPS) is 30.4. The number of hydrogen-bond acceptors (Lipinski definition) is 12. The molecule has 6 unspecified atom stereocenters. The van der Waals surface area contributed by atoms with Crippen LogP contribution in [0.3, 0.4) is 0 Å². The van der Waals surface area contributed by atoms with Gasteiger partial charge in [0.05, 0.1) is 51.7 Å². The number of aromatic hydroxyl groups is 1. The molecule has 2 aromatic rings. The Morgan fingerprint density at radius 1 is 0.975 bits per heavy atom. The van der Waals surface area contributed by atoms with Crippen molar-refractivity contribution in [2.75, 3.05) is 41.0 Å². The van der Waals surface area contributed by atoms with Crippen LogP contribution >= 0.6 is 0 Å². The molecule has 0 saturated carbocycles. The molecular formula is C28H32O12. The monoisotopic (exact) mass is 560 g/mol. The van der Waals surface area contributed by atoms with Crippen LogP contribution in [0.15, 0.2) is 24.3 Å². The van der Waals surface area contributed by atoms with Gasteiger partial charge in [0.15, 0.2) is 29.3 Å². The van der Waals surface area contributed by atoms with Crippen LogP contribution in [-0.4, -0.2) is 80.8 Å². The van der Waals surface area contributed by atoms with Crippen molar-refractivity contribution in [3.63, 3.8) is 0 Å². The third-order valence-corrected chi connectivity index (χ3v) is 8.02. The number of carbonyl (C=O) groups excluding carboxylic acids is 1. The summed E-state index contributed by atoms with van der Waals surface area (Å²) < 4.78 is 45.5. The van der Waals surface area contributed by atoms with Crippen LogP contribution in [0.5, 0.6) is 28.7 Å². The van der Waals surface area contributed by atoms with Crippen LogP contribution in [0, 0.1) is 11.8 Å². The molecule has 2 saturated heterocycles. The van der Waals surface area contributed by atoms with Gasteiger partial charge in [0.1, 0.15) is 6.79 Å². The van der Waals surface area contributed by atoms with E-state index >= 15 is 0 Å². The van der Waals surface area contributed by atoms with Crippen LogP contribution in [0.4, 0.5) is 0 Å². The predicted molar refractivity (Wildman–Crippen MR) is 134 cm³/mol. The summed E-state index contributed by atoms with van der Waals surface area (Å²) in [5.41, 5.74) is 2.22.